The third kappa shape index (κ3) is 4.44. The van der Waals surface area contributed by atoms with Gasteiger partial charge in [0.1, 0.15) is 17.3 Å². The molecule has 1 rings (SSSR count). The summed E-state index contributed by atoms with van der Waals surface area (Å²) in [6.45, 7) is 4.94. The van der Waals surface area contributed by atoms with Gasteiger partial charge in [-0.25, -0.2) is 8.78 Å². The number of aliphatic hydroxyl groups is 1. The van der Waals surface area contributed by atoms with Crippen LogP contribution >= 0.6 is 0 Å². The summed E-state index contributed by atoms with van der Waals surface area (Å²) in [5.74, 6) is -1.03. The van der Waals surface area contributed by atoms with Crippen LogP contribution in [0.15, 0.2) is 12.1 Å². The number of rotatable bonds is 7. The van der Waals surface area contributed by atoms with Crippen molar-refractivity contribution in [1.82, 2.24) is 0 Å². The van der Waals surface area contributed by atoms with Crippen molar-refractivity contribution in [3.05, 3.63) is 29.3 Å². The van der Waals surface area contributed by atoms with E-state index in [4.69, 9.17) is 9.84 Å². The molecule has 0 spiro atoms. The van der Waals surface area contributed by atoms with Crippen LogP contribution in [0.4, 0.5) is 14.5 Å². The third-order valence-corrected chi connectivity index (χ3v) is 2.73. The van der Waals surface area contributed by atoms with Crippen LogP contribution < -0.4 is 4.90 Å². The molecule has 108 valence electrons. The lowest BCUT2D eigenvalue weighted by molar-refractivity contribution is 0.204. The van der Waals surface area contributed by atoms with Crippen molar-refractivity contribution in [2.24, 2.45) is 5.92 Å². The Morgan fingerprint density at radius 3 is 2.26 bits per heavy atom. The van der Waals surface area contributed by atoms with E-state index in [0.717, 1.165) is 0 Å². The molecule has 3 nitrogen and oxygen atoms in total. The average molecular weight is 273 g/mol. The maximum absolute atomic E-state index is 14.0. The Balaban J connectivity index is 3.06. The minimum Gasteiger partial charge on any atom is -0.392 e. The van der Waals surface area contributed by atoms with Gasteiger partial charge in [-0.15, -0.1) is 0 Å². The fourth-order valence-electron chi connectivity index (χ4n) is 1.95. The molecule has 5 heteroatoms. The fraction of sp³-hybridized carbons (Fsp3) is 0.571. The van der Waals surface area contributed by atoms with Crippen molar-refractivity contribution in [2.75, 3.05) is 31.7 Å². The second-order valence-electron chi connectivity index (χ2n) is 4.90. The van der Waals surface area contributed by atoms with Crippen LogP contribution in [0.25, 0.3) is 0 Å². The Hall–Kier alpha value is -1.20. The first-order valence-corrected chi connectivity index (χ1v) is 6.32. The summed E-state index contributed by atoms with van der Waals surface area (Å²) in [5.41, 5.74) is 0.179. The molecule has 0 unspecified atom stereocenters. The number of benzene rings is 1. The van der Waals surface area contributed by atoms with Crippen molar-refractivity contribution in [1.29, 1.82) is 0 Å². The van der Waals surface area contributed by atoms with Gasteiger partial charge in [-0.3, -0.25) is 0 Å². The number of ether oxygens (including phenoxy) is 1. The van der Waals surface area contributed by atoms with E-state index < -0.39 is 11.6 Å². The molecule has 1 aromatic carbocycles. The fourth-order valence-corrected chi connectivity index (χ4v) is 1.95. The van der Waals surface area contributed by atoms with Crippen LogP contribution in [-0.2, 0) is 11.3 Å². The summed E-state index contributed by atoms with van der Waals surface area (Å²) in [5, 5.41) is 8.94. The molecule has 0 aromatic heterocycles. The van der Waals surface area contributed by atoms with Gasteiger partial charge in [0.25, 0.3) is 0 Å². The molecule has 0 fully saturated rings. The quantitative estimate of drug-likeness (QED) is 0.828. The highest BCUT2D eigenvalue weighted by Crippen LogP contribution is 2.25. The maximum atomic E-state index is 14.0. The van der Waals surface area contributed by atoms with E-state index in [0.29, 0.717) is 19.7 Å². The van der Waals surface area contributed by atoms with Crippen LogP contribution in [0.3, 0.4) is 0 Å². The molecule has 0 heterocycles. The monoisotopic (exact) mass is 273 g/mol. The van der Waals surface area contributed by atoms with Crippen molar-refractivity contribution in [3.63, 3.8) is 0 Å². The van der Waals surface area contributed by atoms with E-state index in [9.17, 15) is 8.78 Å². The van der Waals surface area contributed by atoms with Gasteiger partial charge in [0, 0.05) is 20.2 Å². The van der Waals surface area contributed by atoms with E-state index in [1.807, 2.05) is 13.8 Å². The number of hydrogen-bond donors (Lipinski definition) is 1. The molecule has 0 saturated heterocycles. The molecule has 0 aliphatic carbocycles. The number of methoxy groups -OCH3 is 1. The van der Waals surface area contributed by atoms with Gasteiger partial charge in [-0.05, 0) is 23.6 Å². The van der Waals surface area contributed by atoms with Gasteiger partial charge >= 0.3 is 0 Å². The van der Waals surface area contributed by atoms with E-state index in [-0.39, 0.29) is 23.8 Å². The molecule has 0 atom stereocenters. The molecular weight excluding hydrogens is 252 g/mol. The van der Waals surface area contributed by atoms with E-state index in [1.165, 1.54) is 12.1 Å². The van der Waals surface area contributed by atoms with Gasteiger partial charge < -0.3 is 14.7 Å². The zero-order chi connectivity index (χ0) is 14.4. The Morgan fingerprint density at radius 1 is 1.26 bits per heavy atom. The van der Waals surface area contributed by atoms with Gasteiger partial charge in [0.2, 0.25) is 0 Å². The number of halogens is 2. The molecule has 0 saturated carbocycles. The SMILES string of the molecule is COCCN(CC(C)C)c1c(F)cc(CO)cc1F. The van der Waals surface area contributed by atoms with Gasteiger partial charge in [-0.1, -0.05) is 13.8 Å². The molecule has 0 aliphatic heterocycles. The van der Waals surface area contributed by atoms with Crippen LogP contribution in [0, 0.1) is 17.6 Å². The number of hydrogen-bond acceptors (Lipinski definition) is 3. The standard InChI is InChI=1S/C14H21F2NO2/c1-10(2)8-17(4-5-19-3)14-12(15)6-11(9-18)7-13(14)16/h6-7,10,18H,4-5,8-9H2,1-3H3. The minimum atomic E-state index is -0.652. The van der Waals surface area contributed by atoms with E-state index in [2.05, 4.69) is 0 Å². The summed E-state index contributed by atoms with van der Waals surface area (Å²) < 4.78 is 33.0. The Kier molecular flexibility index (Phi) is 6.18. The smallest absolute Gasteiger partial charge is 0.149 e. The van der Waals surface area contributed by atoms with Crippen LogP contribution in [-0.4, -0.2) is 31.9 Å². The number of aliphatic hydroxyl groups excluding tert-OH is 1. The summed E-state index contributed by atoms with van der Waals surface area (Å²) in [6.07, 6.45) is 0. The summed E-state index contributed by atoms with van der Waals surface area (Å²) >= 11 is 0. The zero-order valence-corrected chi connectivity index (χ0v) is 11.6. The lowest BCUT2D eigenvalue weighted by atomic mass is 10.1. The molecular formula is C14H21F2NO2. The average Bonchev–Trinajstić information content (AvgIpc) is 2.33. The first-order valence-electron chi connectivity index (χ1n) is 6.32. The third-order valence-electron chi connectivity index (χ3n) is 2.73. The van der Waals surface area contributed by atoms with Crippen LogP contribution in [0.5, 0.6) is 0 Å². The van der Waals surface area contributed by atoms with E-state index in [1.54, 1.807) is 12.0 Å². The zero-order valence-electron chi connectivity index (χ0n) is 11.6. The molecule has 0 amide bonds. The lowest BCUT2D eigenvalue weighted by Gasteiger charge is -2.27. The number of anilines is 1. The molecule has 1 aromatic rings. The summed E-state index contributed by atoms with van der Waals surface area (Å²) in [7, 11) is 1.55. The predicted molar refractivity (Wildman–Crippen MR) is 71.2 cm³/mol. The minimum absolute atomic E-state index is 0.0528. The molecule has 0 bridgehead atoms. The predicted octanol–water partition coefficient (Wildman–Crippen LogP) is 2.57. The Bertz CT molecular complexity index is 387. The number of nitrogens with zero attached hydrogens (tertiary/aromatic N) is 1. The largest absolute Gasteiger partial charge is 0.392 e. The highest BCUT2D eigenvalue weighted by atomic mass is 19.1. The molecule has 0 radical (unpaired) electrons. The summed E-state index contributed by atoms with van der Waals surface area (Å²) in [4.78, 5) is 1.64. The topological polar surface area (TPSA) is 32.7 Å². The van der Waals surface area contributed by atoms with Gasteiger partial charge in [0.15, 0.2) is 0 Å². The summed E-state index contributed by atoms with van der Waals surface area (Å²) in [6, 6.07) is 2.33. The van der Waals surface area contributed by atoms with Crippen LogP contribution in [0.1, 0.15) is 19.4 Å². The first-order chi connectivity index (χ1) is 8.99. The van der Waals surface area contributed by atoms with Gasteiger partial charge in [-0.2, -0.15) is 0 Å². The normalized spacial score (nSPS) is 11.1. The molecule has 0 aliphatic rings. The Morgan fingerprint density at radius 2 is 1.84 bits per heavy atom. The van der Waals surface area contributed by atoms with Crippen molar-refractivity contribution >= 4 is 5.69 Å². The first kappa shape index (κ1) is 15.9. The molecule has 19 heavy (non-hydrogen) atoms. The van der Waals surface area contributed by atoms with Gasteiger partial charge in [0.05, 0.1) is 13.2 Å². The Labute approximate surface area is 112 Å². The maximum Gasteiger partial charge on any atom is 0.149 e. The van der Waals surface area contributed by atoms with Crippen molar-refractivity contribution < 1.29 is 18.6 Å². The van der Waals surface area contributed by atoms with E-state index >= 15 is 0 Å². The van der Waals surface area contributed by atoms with Crippen molar-refractivity contribution in [2.45, 2.75) is 20.5 Å². The highest BCUT2D eigenvalue weighted by molar-refractivity contribution is 5.50. The second-order valence-corrected chi connectivity index (χ2v) is 4.90. The molecule has 1 N–H and O–H groups in total. The highest BCUT2D eigenvalue weighted by Gasteiger charge is 2.18. The van der Waals surface area contributed by atoms with Crippen LogP contribution in [0.2, 0.25) is 0 Å². The van der Waals surface area contributed by atoms with Crippen molar-refractivity contribution in [3.8, 4) is 0 Å². The second kappa shape index (κ2) is 7.40. The lowest BCUT2D eigenvalue weighted by Crippen LogP contribution is -2.32.